The quantitative estimate of drug-likeness (QED) is 0.557. The minimum atomic E-state index is -0.327. The van der Waals surface area contributed by atoms with Crippen LogP contribution in [0, 0.1) is 6.92 Å². The molecule has 0 radical (unpaired) electrons. The summed E-state index contributed by atoms with van der Waals surface area (Å²) in [4.78, 5) is 24.3. The Labute approximate surface area is 178 Å². The molecule has 0 aliphatic rings. The Morgan fingerprint density at radius 1 is 1.10 bits per heavy atom. The fourth-order valence-electron chi connectivity index (χ4n) is 2.71. The number of benzene rings is 2. The van der Waals surface area contributed by atoms with Crippen molar-refractivity contribution in [3.05, 3.63) is 74.7 Å². The summed E-state index contributed by atoms with van der Waals surface area (Å²) in [6, 6.07) is 15.0. The first kappa shape index (κ1) is 21.0. The van der Waals surface area contributed by atoms with Gasteiger partial charge in [-0.25, -0.2) is 0 Å². The number of nitrogens with zero attached hydrogens (tertiary/aromatic N) is 2. The van der Waals surface area contributed by atoms with Crippen molar-refractivity contribution in [1.82, 2.24) is 15.5 Å². The molecule has 3 aromatic rings. The fourth-order valence-corrected chi connectivity index (χ4v) is 3.68. The lowest BCUT2D eigenvalue weighted by molar-refractivity contribution is -0.121. The lowest BCUT2D eigenvalue weighted by Crippen LogP contribution is -2.22. The zero-order valence-corrected chi connectivity index (χ0v) is 17.5. The second-order valence-electron chi connectivity index (χ2n) is 6.58. The molecular formula is C21H21ClN4O2S. The van der Waals surface area contributed by atoms with Crippen LogP contribution in [0.25, 0.3) is 0 Å². The van der Waals surface area contributed by atoms with E-state index < -0.39 is 0 Å². The number of nitrogens with one attached hydrogen (secondary N) is 2. The molecule has 0 fully saturated rings. The predicted octanol–water partition coefficient (Wildman–Crippen LogP) is 4.39. The number of carbonyl (C=O) groups excluding carboxylic acids is 2. The molecule has 0 aliphatic heterocycles. The molecule has 150 valence electrons. The van der Waals surface area contributed by atoms with Gasteiger partial charge in [-0.3, -0.25) is 9.59 Å². The summed E-state index contributed by atoms with van der Waals surface area (Å²) in [5.41, 5.74) is 2.85. The van der Waals surface area contributed by atoms with E-state index in [9.17, 15) is 9.59 Å². The standard InChI is InChI=1S/C21H21ClN4O2S/c1-14-5-2-6-15(11-14)13-23-18(27)9-4-10-19-25-26-21(29-19)20(28)24-17-8-3-7-16(22)12-17/h2-3,5-8,11-12H,4,9-10,13H2,1H3,(H,23,27)(H,24,28). The largest absolute Gasteiger partial charge is 0.352 e. The number of hydrogen-bond acceptors (Lipinski definition) is 5. The van der Waals surface area contributed by atoms with Gasteiger partial charge >= 0.3 is 0 Å². The van der Waals surface area contributed by atoms with Crippen LogP contribution < -0.4 is 10.6 Å². The number of aryl methyl sites for hydroxylation is 2. The van der Waals surface area contributed by atoms with Crippen LogP contribution in [0.4, 0.5) is 5.69 Å². The summed E-state index contributed by atoms with van der Waals surface area (Å²) in [6.07, 6.45) is 1.64. The van der Waals surface area contributed by atoms with Crippen molar-refractivity contribution in [1.29, 1.82) is 0 Å². The molecule has 3 rings (SSSR count). The Hall–Kier alpha value is -2.77. The summed E-state index contributed by atoms with van der Waals surface area (Å²) < 4.78 is 0. The van der Waals surface area contributed by atoms with Gasteiger partial charge < -0.3 is 10.6 Å². The Morgan fingerprint density at radius 2 is 1.93 bits per heavy atom. The molecule has 2 N–H and O–H groups in total. The number of aromatic nitrogens is 2. The smallest absolute Gasteiger partial charge is 0.286 e. The summed E-state index contributed by atoms with van der Waals surface area (Å²) in [7, 11) is 0. The lowest BCUT2D eigenvalue weighted by atomic mass is 10.1. The van der Waals surface area contributed by atoms with Crippen molar-refractivity contribution >= 4 is 40.4 Å². The van der Waals surface area contributed by atoms with Crippen molar-refractivity contribution in [2.45, 2.75) is 32.7 Å². The molecule has 0 atom stereocenters. The molecule has 0 saturated carbocycles. The highest BCUT2D eigenvalue weighted by atomic mass is 35.5. The van der Waals surface area contributed by atoms with E-state index in [4.69, 9.17) is 11.6 Å². The zero-order chi connectivity index (χ0) is 20.6. The highest BCUT2D eigenvalue weighted by molar-refractivity contribution is 7.13. The van der Waals surface area contributed by atoms with Gasteiger partial charge in [0, 0.05) is 30.1 Å². The van der Waals surface area contributed by atoms with E-state index in [1.807, 2.05) is 25.1 Å². The highest BCUT2D eigenvalue weighted by Gasteiger charge is 2.13. The maximum Gasteiger partial charge on any atom is 0.286 e. The van der Waals surface area contributed by atoms with Gasteiger partial charge in [-0.1, -0.05) is 58.8 Å². The number of amides is 2. The van der Waals surface area contributed by atoms with Crippen molar-refractivity contribution in [3.8, 4) is 0 Å². The van der Waals surface area contributed by atoms with Gasteiger partial charge in [-0.15, -0.1) is 10.2 Å². The maximum atomic E-state index is 12.3. The van der Waals surface area contributed by atoms with E-state index in [0.29, 0.717) is 36.5 Å². The van der Waals surface area contributed by atoms with E-state index in [1.165, 1.54) is 16.9 Å². The average Bonchev–Trinajstić information content (AvgIpc) is 3.16. The highest BCUT2D eigenvalue weighted by Crippen LogP contribution is 2.18. The van der Waals surface area contributed by atoms with E-state index >= 15 is 0 Å². The van der Waals surface area contributed by atoms with Crippen LogP contribution in [0.3, 0.4) is 0 Å². The number of carbonyl (C=O) groups is 2. The Morgan fingerprint density at radius 3 is 2.72 bits per heavy atom. The molecule has 2 amide bonds. The monoisotopic (exact) mass is 428 g/mol. The third kappa shape index (κ3) is 6.66. The lowest BCUT2D eigenvalue weighted by Gasteiger charge is -2.05. The minimum absolute atomic E-state index is 0.00468. The normalized spacial score (nSPS) is 10.6. The first-order valence-electron chi connectivity index (χ1n) is 9.21. The van der Waals surface area contributed by atoms with Crippen LogP contribution in [0.2, 0.25) is 5.02 Å². The predicted molar refractivity (Wildman–Crippen MR) is 115 cm³/mol. The molecule has 2 aromatic carbocycles. The summed E-state index contributed by atoms with van der Waals surface area (Å²) >= 11 is 7.14. The van der Waals surface area contributed by atoms with Gasteiger partial charge in [0.1, 0.15) is 5.01 Å². The minimum Gasteiger partial charge on any atom is -0.352 e. The van der Waals surface area contributed by atoms with Crippen LogP contribution in [0.5, 0.6) is 0 Å². The molecule has 6 nitrogen and oxygen atoms in total. The Kier molecular flexibility index (Phi) is 7.32. The third-order valence-electron chi connectivity index (χ3n) is 4.11. The molecule has 0 spiro atoms. The number of halogens is 1. The van der Waals surface area contributed by atoms with Gasteiger partial charge in [0.2, 0.25) is 10.9 Å². The van der Waals surface area contributed by atoms with Gasteiger partial charge in [0.05, 0.1) is 0 Å². The first-order chi connectivity index (χ1) is 14.0. The molecule has 1 heterocycles. The summed E-state index contributed by atoms with van der Waals surface area (Å²) in [5.74, 6) is -0.332. The van der Waals surface area contributed by atoms with E-state index in [1.54, 1.807) is 24.3 Å². The van der Waals surface area contributed by atoms with Gasteiger partial charge in [-0.05, 0) is 37.1 Å². The van der Waals surface area contributed by atoms with Gasteiger partial charge in [0.15, 0.2) is 0 Å². The van der Waals surface area contributed by atoms with Crippen molar-refractivity contribution in [2.24, 2.45) is 0 Å². The summed E-state index contributed by atoms with van der Waals surface area (Å²) in [5, 5.41) is 15.2. The molecule has 8 heteroatoms. The average molecular weight is 429 g/mol. The Balaban J connectivity index is 1.41. The molecular weight excluding hydrogens is 408 g/mol. The molecule has 0 saturated heterocycles. The summed E-state index contributed by atoms with van der Waals surface area (Å²) in [6.45, 7) is 2.55. The van der Waals surface area contributed by atoms with Crippen molar-refractivity contribution in [2.75, 3.05) is 5.32 Å². The third-order valence-corrected chi connectivity index (χ3v) is 5.33. The van der Waals surface area contributed by atoms with Crippen molar-refractivity contribution < 1.29 is 9.59 Å². The molecule has 0 bridgehead atoms. The van der Waals surface area contributed by atoms with E-state index in [-0.39, 0.29) is 16.8 Å². The molecule has 1 aromatic heterocycles. The van der Waals surface area contributed by atoms with Crippen LogP contribution >= 0.6 is 22.9 Å². The van der Waals surface area contributed by atoms with Crippen LogP contribution in [-0.4, -0.2) is 22.0 Å². The fraction of sp³-hybridized carbons (Fsp3) is 0.238. The first-order valence-corrected chi connectivity index (χ1v) is 10.4. The second-order valence-corrected chi connectivity index (χ2v) is 8.08. The van der Waals surface area contributed by atoms with Crippen LogP contribution in [0.1, 0.15) is 38.8 Å². The van der Waals surface area contributed by atoms with E-state index in [0.717, 1.165) is 10.6 Å². The van der Waals surface area contributed by atoms with Gasteiger partial charge in [0.25, 0.3) is 5.91 Å². The molecule has 0 unspecified atom stereocenters. The van der Waals surface area contributed by atoms with Crippen LogP contribution in [-0.2, 0) is 17.8 Å². The second kappa shape index (κ2) is 10.1. The topological polar surface area (TPSA) is 84.0 Å². The Bertz CT molecular complexity index is 1010. The van der Waals surface area contributed by atoms with Crippen LogP contribution in [0.15, 0.2) is 48.5 Å². The maximum absolute atomic E-state index is 12.3. The molecule has 0 aliphatic carbocycles. The van der Waals surface area contributed by atoms with E-state index in [2.05, 4.69) is 26.9 Å². The molecule has 29 heavy (non-hydrogen) atoms. The SMILES string of the molecule is Cc1cccc(CNC(=O)CCCc2nnc(C(=O)Nc3cccc(Cl)c3)s2)c1. The zero-order valence-electron chi connectivity index (χ0n) is 15.9. The number of rotatable bonds is 8. The van der Waals surface area contributed by atoms with Gasteiger partial charge in [-0.2, -0.15) is 0 Å². The number of anilines is 1. The number of hydrogen-bond donors (Lipinski definition) is 2. The van der Waals surface area contributed by atoms with Crippen molar-refractivity contribution in [3.63, 3.8) is 0 Å².